The van der Waals surface area contributed by atoms with Crippen molar-refractivity contribution in [2.75, 3.05) is 21.3 Å². The molecule has 0 aliphatic carbocycles. The van der Waals surface area contributed by atoms with Crippen LogP contribution in [-0.2, 0) is 12.8 Å². The van der Waals surface area contributed by atoms with Crippen molar-refractivity contribution in [3.8, 4) is 23.0 Å². The molecular weight excluding hydrogens is 412 g/mol. The molecule has 0 bridgehead atoms. The van der Waals surface area contributed by atoms with E-state index in [-0.39, 0.29) is 5.75 Å². The van der Waals surface area contributed by atoms with Crippen molar-refractivity contribution >= 4 is 0 Å². The molecule has 0 aliphatic heterocycles. The highest BCUT2D eigenvalue weighted by atomic mass is 16.5. The number of aromatic hydroxyl groups is 1. The lowest BCUT2D eigenvalue weighted by molar-refractivity contribution is 0.393. The average Bonchev–Trinajstić information content (AvgIpc) is 2.83. The van der Waals surface area contributed by atoms with E-state index in [4.69, 9.17) is 14.2 Å². The number of unbranched alkanes of at least 4 members (excludes halogenated alkanes) is 8. The van der Waals surface area contributed by atoms with Gasteiger partial charge in [-0.3, -0.25) is 0 Å². The van der Waals surface area contributed by atoms with Crippen molar-refractivity contribution in [1.29, 1.82) is 0 Å². The molecule has 0 atom stereocenters. The number of benzene rings is 2. The lowest BCUT2D eigenvalue weighted by Crippen LogP contribution is -1.92. The summed E-state index contributed by atoms with van der Waals surface area (Å²) in [7, 11) is 5.03. The lowest BCUT2D eigenvalue weighted by atomic mass is 10.0. The van der Waals surface area contributed by atoms with Crippen LogP contribution in [0.1, 0.15) is 75.3 Å². The van der Waals surface area contributed by atoms with Crippen LogP contribution in [0, 0.1) is 0 Å². The fourth-order valence-electron chi connectivity index (χ4n) is 4.04. The summed E-state index contributed by atoms with van der Waals surface area (Å²) in [4.78, 5) is 0. The minimum Gasteiger partial charge on any atom is -0.508 e. The summed E-state index contributed by atoms with van der Waals surface area (Å²) in [6.07, 6.45) is 19.0. The number of allylic oxidation sites excluding steroid dienone is 2. The summed E-state index contributed by atoms with van der Waals surface area (Å²) >= 11 is 0. The van der Waals surface area contributed by atoms with Crippen molar-refractivity contribution in [1.82, 2.24) is 0 Å². The zero-order valence-corrected chi connectivity index (χ0v) is 20.8. The van der Waals surface area contributed by atoms with Crippen molar-refractivity contribution in [2.24, 2.45) is 0 Å². The van der Waals surface area contributed by atoms with Gasteiger partial charge in [-0.1, -0.05) is 37.8 Å². The molecule has 2 aromatic carbocycles. The van der Waals surface area contributed by atoms with Crippen LogP contribution in [0.3, 0.4) is 0 Å². The molecule has 0 spiro atoms. The second-order valence-electron chi connectivity index (χ2n) is 8.64. The first-order valence-electron chi connectivity index (χ1n) is 12.4. The predicted octanol–water partition coefficient (Wildman–Crippen LogP) is 7.66. The van der Waals surface area contributed by atoms with E-state index in [0.29, 0.717) is 0 Å². The first-order valence-corrected chi connectivity index (χ1v) is 12.4. The van der Waals surface area contributed by atoms with Crippen LogP contribution in [0.25, 0.3) is 0 Å². The van der Waals surface area contributed by atoms with Gasteiger partial charge in [-0.05, 0) is 86.8 Å². The van der Waals surface area contributed by atoms with Crippen LogP contribution in [-0.4, -0.2) is 26.4 Å². The molecule has 0 fully saturated rings. The number of ether oxygens (including phenoxy) is 3. The van der Waals surface area contributed by atoms with Gasteiger partial charge in [0.25, 0.3) is 0 Å². The van der Waals surface area contributed by atoms with Crippen molar-refractivity contribution in [2.45, 2.75) is 77.0 Å². The molecule has 33 heavy (non-hydrogen) atoms. The largest absolute Gasteiger partial charge is 0.508 e. The van der Waals surface area contributed by atoms with Gasteiger partial charge in [-0.15, -0.1) is 0 Å². The van der Waals surface area contributed by atoms with Crippen LogP contribution >= 0.6 is 0 Å². The molecule has 0 heterocycles. The SMILES string of the molecule is COc1cc(O)cc(CCCCC/C=C\CCCCCCCc2cc(OC)cc(OC)c2)c1. The normalized spacial score (nSPS) is 11.1. The summed E-state index contributed by atoms with van der Waals surface area (Å²) in [5.74, 6) is 2.75. The van der Waals surface area contributed by atoms with Crippen LogP contribution < -0.4 is 14.2 Å². The van der Waals surface area contributed by atoms with Gasteiger partial charge >= 0.3 is 0 Å². The molecular formula is C29H42O4. The fraction of sp³-hybridized carbons (Fsp3) is 0.517. The molecule has 0 unspecified atom stereocenters. The first kappa shape index (κ1) is 26.6. The van der Waals surface area contributed by atoms with Crippen LogP contribution in [0.2, 0.25) is 0 Å². The molecule has 0 aliphatic rings. The zero-order valence-electron chi connectivity index (χ0n) is 20.8. The Hall–Kier alpha value is -2.62. The second-order valence-corrected chi connectivity index (χ2v) is 8.64. The molecule has 0 aromatic heterocycles. The summed E-state index contributed by atoms with van der Waals surface area (Å²) in [6, 6.07) is 11.6. The molecule has 4 heteroatoms. The number of phenols is 1. The van der Waals surface area contributed by atoms with E-state index < -0.39 is 0 Å². The van der Waals surface area contributed by atoms with Gasteiger partial charge in [0.1, 0.15) is 23.0 Å². The third kappa shape index (κ3) is 11.2. The van der Waals surface area contributed by atoms with Gasteiger partial charge in [0.2, 0.25) is 0 Å². The molecule has 4 nitrogen and oxygen atoms in total. The maximum absolute atomic E-state index is 9.71. The van der Waals surface area contributed by atoms with Crippen LogP contribution in [0.5, 0.6) is 23.0 Å². The maximum atomic E-state index is 9.71. The Labute approximate surface area is 200 Å². The highest BCUT2D eigenvalue weighted by molar-refractivity contribution is 5.38. The van der Waals surface area contributed by atoms with E-state index >= 15 is 0 Å². The number of aryl methyl sites for hydroxylation is 2. The zero-order chi connectivity index (χ0) is 23.7. The topological polar surface area (TPSA) is 47.9 Å². The molecule has 0 amide bonds. The molecule has 1 N–H and O–H groups in total. The van der Waals surface area contributed by atoms with Gasteiger partial charge in [0.15, 0.2) is 0 Å². The summed E-state index contributed by atoms with van der Waals surface area (Å²) < 4.78 is 15.9. The van der Waals surface area contributed by atoms with E-state index in [2.05, 4.69) is 24.3 Å². The minimum atomic E-state index is 0.282. The minimum absolute atomic E-state index is 0.282. The quantitative estimate of drug-likeness (QED) is 0.197. The number of hydrogen-bond donors (Lipinski definition) is 1. The number of methoxy groups -OCH3 is 3. The van der Waals surface area contributed by atoms with E-state index in [0.717, 1.165) is 48.5 Å². The summed E-state index contributed by atoms with van der Waals surface area (Å²) in [6.45, 7) is 0. The second kappa shape index (κ2) is 16.1. The fourth-order valence-corrected chi connectivity index (χ4v) is 4.04. The van der Waals surface area contributed by atoms with Crippen LogP contribution in [0.15, 0.2) is 48.6 Å². The summed E-state index contributed by atoms with van der Waals surface area (Å²) in [5, 5.41) is 9.71. The van der Waals surface area contributed by atoms with Crippen molar-refractivity contribution < 1.29 is 19.3 Å². The Balaban J connectivity index is 1.44. The van der Waals surface area contributed by atoms with Gasteiger partial charge in [0, 0.05) is 12.1 Å². The monoisotopic (exact) mass is 454 g/mol. The summed E-state index contributed by atoms with van der Waals surface area (Å²) in [5.41, 5.74) is 2.43. The maximum Gasteiger partial charge on any atom is 0.122 e. The Kier molecular flexibility index (Phi) is 13.0. The number of rotatable bonds is 17. The Morgan fingerprint density at radius 2 is 0.970 bits per heavy atom. The van der Waals surface area contributed by atoms with Crippen LogP contribution in [0.4, 0.5) is 0 Å². The highest BCUT2D eigenvalue weighted by Gasteiger charge is 2.02. The van der Waals surface area contributed by atoms with Gasteiger partial charge in [-0.25, -0.2) is 0 Å². The molecule has 2 aromatic rings. The van der Waals surface area contributed by atoms with E-state index in [1.165, 1.54) is 56.9 Å². The first-order chi connectivity index (χ1) is 16.1. The Morgan fingerprint density at radius 1 is 0.545 bits per heavy atom. The molecule has 0 saturated carbocycles. The van der Waals surface area contributed by atoms with E-state index in [1.54, 1.807) is 27.4 Å². The standard InChI is InChI=1S/C29H42O4/c1-31-27-19-24(18-26(30)22-27)16-14-12-10-8-6-4-5-7-9-11-13-15-17-25-20-28(32-2)23-29(21-25)33-3/h4,6,18-23,30H,5,7-17H2,1-3H3/b6-4-. The molecule has 0 saturated heterocycles. The van der Waals surface area contributed by atoms with Crippen molar-refractivity contribution in [3.05, 3.63) is 59.7 Å². The van der Waals surface area contributed by atoms with Gasteiger partial charge < -0.3 is 19.3 Å². The third-order valence-corrected chi connectivity index (χ3v) is 5.94. The van der Waals surface area contributed by atoms with Gasteiger partial charge in [-0.2, -0.15) is 0 Å². The number of phenolic OH excluding ortho intramolecular Hbond substituents is 1. The lowest BCUT2D eigenvalue weighted by Gasteiger charge is -2.08. The Morgan fingerprint density at radius 3 is 1.52 bits per heavy atom. The molecule has 182 valence electrons. The van der Waals surface area contributed by atoms with E-state index in [9.17, 15) is 5.11 Å². The predicted molar refractivity (Wildman–Crippen MR) is 137 cm³/mol. The highest BCUT2D eigenvalue weighted by Crippen LogP contribution is 2.24. The Bertz CT molecular complexity index is 806. The molecule has 2 rings (SSSR count). The van der Waals surface area contributed by atoms with E-state index in [1.807, 2.05) is 18.2 Å². The van der Waals surface area contributed by atoms with Crippen molar-refractivity contribution in [3.63, 3.8) is 0 Å². The smallest absolute Gasteiger partial charge is 0.122 e. The molecule has 0 radical (unpaired) electrons. The number of hydrogen-bond acceptors (Lipinski definition) is 4. The third-order valence-electron chi connectivity index (χ3n) is 5.94. The average molecular weight is 455 g/mol. The van der Waals surface area contributed by atoms with Gasteiger partial charge in [0.05, 0.1) is 21.3 Å².